The Balaban J connectivity index is 0. The molecule has 0 unspecified atom stereocenters. The number of benzene rings is 1. The van der Waals surface area contributed by atoms with Gasteiger partial charge in [-0.2, -0.15) is 0 Å². The number of amidine groups is 1. The molecule has 1 N–H and O–H groups in total. The molecule has 0 fully saturated rings. The summed E-state index contributed by atoms with van der Waals surface area (Å²) in [5.41, 5.74) is 1.12. The van der Waals surface area contributed by atoms with Crippen LogP contribution < -0.4 is 5.32 Å². The summed E-state index contributed by atoms with van der Waals surface area (Å²) in [5.74, 6) is 0.922. The maximum atomic E-state index is 4.08. The Morgan fingerprint density at radius 2 is 1.47 bits per heavy atom. The van der Waals surface area contributed by atoms with Crippen molar-refractivity contribution in [3.8, 4) is 0 Å². The van der Waals surface area contributed by atoms with E-state index in [9.17, 15) is 0 Å². The Labute approximate surface area is 94.4 Å². The highest BCUT2D eigenvalue weighted by Gasteiger charge is 1.95. The van der Waals surface area contributed by atoms with Gasteiger partial charge in [-0.05, 0) is 0 Å². The van der Waals surface area contributed by atoms with Crippen LogP contribution in [0.25, 0.3) is 0 Å². The van der Waals surface area contributed by atoms with E-state index in [0.717, 1.165) is 11.4 Å². The SMILES string of the molecule is CC.CC.CN=C(NC)c1ccccc1. The third-order valence-electron chi connectivity index (χ3n) is 1.51. The van der Waals surface area contributed by atoms with Crippen LogP contribution in [0.2, 0.25) is 0 Å². The first-order valence-electron chi connectivity index (χ1n) is 5.58. The third-order valence-corrected chi connectivity index (χ3v) is 1.51. The summed E-state index contributed by atoms with van der Waals surface area (Å²) >= 11 is 0. The largest absolute Gasteiger partial charge is 0.373 e. The standard InChI is InChI=1S/C9H12N2.2C2H6/c1-10-9(11-2)8-6-4-3-5-7-8;2*1-2/h3-7H,1-2H3,(H,10,11);2*1-2H3. The minimum Gasteiger partial charge on any atom is -0.373 e. The maximum absolute atomic E-state index is 4.08. The number of rotatable bonds is 1. The highest BCUT2D eigenvalue weighted by atomic mass is 14.9. The van der Waals surface area contributed by atoms with E-state index in [1.54, 1.807) is 7.05 Å². The smallest absolute Gasteiger partial charge is 0.127 e. The molecule has 0 atom stereocenters. The fourth-order valence-electron chi connectivity index (χ4n) is 0.981. The molecule has 0 aliphatic rings. The zero-order valence-electron chi connectivity index (χ0n) is 10.8. The number of nitrogens with zero attached hydrogens (tertiary/aromatic N) is 1. The first kappa shape index (κ1) is 16.1. The van der Waals surface area contributed by atoms with Crippen LogP contribution in [-0.2, 0) is 0 Å². The lowest BCUT2D eigenvalue weighted by molar-refractivity contribution is 1.15. The molecule has 0 aliphatic heterocycles. The molecule has 1 rings (SSSR count). The Morgan fingerprint density at radius 3 is 1.80 bits per heavy atom. The summed E-state index contributed by atoms with van der Waals surface area (Å²) in [5, 5.41) is 3.02. The second-order valence-electron chi connectivity index (χ2n) is 2.19. The van der Waals surface area contributed by atoms with Crippen LogP contribution in [0.15, 0.2) is 35.3 Å². The van der Waals surface area contributed by atoms with Crippen LogP contribution in [-0.4, -0.2) is 19.9 Å². The normalized spacial score (nSPS) is 9.07. The Kier molecular flexibility index (Phi) is 13.6. The quantitative estimate of drug-likeness (QED) is 0.555. The van der Waals surface area contributed by atoms with E-state index in [1.165, 1.54) is 0 Å². The molecular formula is C13H24N2. The molecule has 0 aromatic heterocycles. The number of nitrogens with one attached hydrogen (secondary N) is 1. The Bertz CT molecular complexity index is 240. The monoisotopic (exact) mass is 208 g/mol. The van der Waals surface area contributed by atoms with Crippen molar-refractivity contribution in [1.29, 1.82) is 0 Å². The lowest BCUT2D eigenvalue weighted by atomic mass is 10.2. The molecule has 0 amide bonds. The molecule has 1 aromatic rings. The van der Waals surface area contributed by atoms with Gasteiger partial charge in [0.15, 0.2) is 0 Å². The maximum Gasteiger partial charge on any atom is 0.127 e. The second-order valence-corrected chi connectivity index (χ2v) is 2.19. The molecule has 86 valence electrons. The van der Waals surface area contributed by atoms with Gasteiger partial charge in [0.1, 0.15) is 5.84 Å². The van der Waals surface area contributed by atoms with Crippen molar-refractivity contribution in [2.45, 2.75) is 27.7 Å². The molecule has 0 radical (unpaired) electrons. The Hall–Kier alpha value is -1.31. The molecule has 2 nitrogen and oxygen atoms in total. The van der Waals surface area contributed by atoms with Crippen LogP contribution in [0, 0.1) is 0 Å². The van der Waals surface area contributed by atoms with Crippen LogP contribution in [0.5, 0.6) is 0 Å². The van der Waals surface area contributed by atoms with Gasteiger partial charge in [-0.15, -0.1) is 0 Å². The van der Waals surface area contributed by atoms with Gasteiger partial charge in [-0.3, -0.25) is 4.99 Å². The third kappa shape index (κ3) is 6.72. The van der Waals surface area contributed by atoms with E-state index in [-0.39, 0.29) is 0 Å². The van der Waals surface area contributed by atoms with Gasteiger partial charge in [0.25, 0.3) is 0 Å². The molecule has 0 heterocycles. The Morgan fingerprint density at radius 1 is 1.00 bits per heavy atom. The van der Waals surface area contributed by atoms with E-state index < -0.39 is 0 Å². The molecule has 1 aromatic carbocycles. The summed E-state index contributed by atoms with van der Waals surface area (Å²) in [4.78, 5) is 4.08. The van der Waals surface area contributed by atoms with Gasteiger partial charge < -0.3 is 5.32 Å². The van der Waals surface area contributed by atoms with Crippen LogP contribution in [0.3, 0.4) is 0 Å². The van der Waals surface area contributed by atoms with Crippen LogP contribution >= 0.6 is 0 Å². The highest BCUT2D eigenvalue weighted by Crippen LogP contribution is 1.97. The fourth-order valence-corrected chi connectivity index (χ4v) is 0.981. The minimum atomic E-state index is 0.922. The molecular weight excluding hydrogens is 184 g/mol. The van der Waals surface area contributed by atoms with Crippen LogP contribution in [0.4, 0.5) is 0 Å². The summed E-state index contributed by atoms with van der Waals surface area (Å²) in [6, 6.07) is 10.0. The molecule has 0 aliphatic carbocycles. The lowest BCUT2D eigenvalue weighted by Crippen LogP contribution is -2.18. The molecule has 0 bridgehead atoms. The van der Waals surface area contributed by atoms with Crippen LogP contribution in [0.1, 0.15) is 33.3 Å². The van der Waals surface area contributed by atoms with E-state index in [2.05, 4.69) is 10.3 Å². The zero-order chi connectivity index (χ0) is 12.1. The number of aliphatic imine (C=N–C) groups is 1. The van der Waals surface area contributed by atoms with Crippen molar-refractivity contribution in [3.05, 3.63) is 35.9 Å². The molecule has 0 saturated carbocycles. The average molecular weight is 208 g/mol. The lowest BCUT2D eigenvalue weighted by Gasteiger charge is -2.02. The van der Waals surface area contributed by atoms with Crippen molar-refractivity contribution in [2.24, 2.45) is 4.99 Å². The minimum absolute atomic E-state index is 0.922. The zero-order valence-corrected chi connectivity index (χ0v) is 10.8. The second kappa shape index (κ2) is 12.7. The van der Waals surface area contributed by atoms with Gasteiger partial charge >= 0.3 is 0 Å². The van der Waals surface area contributed by atoms with Crippen molar-refractivity contribution in [1.82, 2.24) is 5.32 Å². The van der Waals surface area contributed by atoms with Gasteiger partial charge in [0.05, 0.1) is 0 Å². The van der Waals surface area contributed by atoms with Crippen molar-refractivity contribution < 1.29 is 0 Å². The molecule has 0 spiro atoms. The van der Waals surface area contributed by atoms with Gasteiger partial charge in [-0.1, -0.05) is 58.0 Å². The predicted molar refractivity (Wildman–Crippen MR) is 70.7 cm³/mol. The van der Waals surface area contributed by atoms with E-state index in [1.807, 2.05) is 65.1 Å². The van der Waals surface area contributed by atoms with Crippen molar-refractivity contribution in [3.63, 3.8) is 0 Å². The number of hydrogen-bond donors (Lipinski definition) is 1. The topological polar surface area (TPSA) is 24.4 Å². The first-order valence-corrected chi connectivity index (χ1v) is 5.58. The molecule has 0 saturated heterocycles. The summed E-state index contributed by atoms with van der Waals surface area (Å²) in [6.45, 7) is 8.00. The number of hydrogen-bond acceptors (Lipinski definition) is 1. The van der Waals surface area contributed by atoms with Crippen molar-refractivity contribution in [2.75, 3.05) is 14.1 Å². The van der Waals surface area contributed by atoms with Gasteiger partial charge in [0.2, 0.25) is 0 Å². The van der Waals surface area contributed by atoms with Gasteiger partial charge in [-0.25, -0.2) is 0 Å². The molecule has 15 heavy (non-hydrogen) atoms. The average Bonchev–Trinajstić information content (AvgIpc) is 2.37. The fraction of sp³-hybridized carbons (Fsp3) is 0.462. The van der Waals surface area contributed by atoms with Crippen molar-refractivity contribution >= 4 is 5.84 Å². The summed E-state index contributed by atoms with van der Waals surface area (Å²) < 4.78 is 0. The predicted octanol–water partition coefficient (Wildman–Crippen LogP) is 3.33. The van der Waals surface area contributed by atoms with E-state index in [0.29, 0.717) is 0 Å². The summed E-state index contributed by atoms with van der Waals surface area (Å²) in [7, 11) is 3.65. The highest BCUT2D eigenvalue weighted by molar-refractivity contribution is 5.98. The molecule has 2 heteroatoms. The first-order chi connectivity index (χ1) is 7.38. The van der Waals surface area contributed by atoms with E-state index >= 15 is 0 Å². The summed E-state index contributed by atoms with van der Waals surface area (Å²) in [6.07, 6.45) is 0. The van der Waals surface area contributed by atoms with Gasteiger partial charge in [0, 0.05) is 19.7 Å². The van der Waals surface area contributed by atoms with E-state index in [4.69, 9.17) is 0 Å².